The van der Waals surface area contributed by atoms with Crippen molar-refractivity contribution in [1.82, 2.24) is 0 Å². The van der Waals surface area contributed by atoms with Crippen LogP contribution in [0.4, 0.5) is 32.0 Å². The van der Waals surface area contributed by atoms with Crippen LogP contribution in [0.1, 0.15) is 11.1 Å². The van der Waals surface area contributed by atoms with Gasteiger partial charge < -0.3 is 5.32 Å². The highest BCUT2D eigenvalue weighted by Gasteiger charge is 2.37. The number of hydrogen-bond donors (Lipinski definition) is 1. The molecule has 128 valence electrons. The summed E-state index contributed by atoms with van der Waals surface area (Å²) in [5.41, 5.74) is -3.41. The zero-order valence-electron chi connectivity index (χ0n) is 11.4. The zero-order valence-corrected chi connectivity index (χ0v) is 13.1. The number of rotatable bonds is 2. The van der Waals surface area contributed by atoms with Crippen LogP contribution in [-0.2, 0) is 17.1 Å². The third kappa shape index (κ3) is 4.97. The fraction of sp³-hybridized carbons (Fsp3) is 0.462. The second-order valence-electron chi connectivity index (χ2n) is 4.72. The summed E-state index contributed by atoms with van der Waals surface area (Å²) in [5.74, 6) is 1.45. The maximum atomic E-state index is 12.7. The van der Waals surface area contributed by atoms with E-state index in [1.54, 1.807) is 0 Å². The Kier molecular flexibility index (Phi) is 5.44. The lowest BCUT2D eigenvalue weighted by atomic mass is 10.1. The molecule has 0 aromatic heterocycles. The summed E-state index contributed by atoms with van der Waals surface area (Å²) >= 11 is 2.85. The molecule has 0 aliphatic carbocycles. The van der Waals surface area contributed by atoms with Crippen LogP contribution in [-0.4, -0.2) is 28.4 Å². The van der Waals surface area contributed by atoms with Crippen molar-refractivity contribution >= 4 is 35.1 Å². The summed E-state index contributed by atoms with van der Waals surface area (Å²) in [7, 11) is 0. The molecule has 0 saturated carbocycles. The van der Waals surface area contributed by atoms with E-state index in [-0.39, 0.29) is 6.07 Å². The molecule has 1 amide bonds. The van der Waals surface area contributed by atoms with E-state index in [9.17, 15) is 31.1 Å². The fourth-order valence-corrected chi connectivity index (χ4v) is 4.45. The van der Waals surface area contributed by atoms with Crippen LogP contribution in [0, 0.1) is 0 Å². The summed E-state index contributed by atoms with van der Waals surface area (Å²) < 4.78 is 76.4. The van der Waals surface area contributed by atoms with Gasteiger partial charge in [-0.2, -0.15) is 38.1 Å². The molecule has 1 unspecified atom stereocenters. The van der Waals surface area contributed by atoms with Crippen LogP contribution >= 0.6 is 23.5 Å². The highest BCUT2D eigenvalue weighted by molar-refractivity contribution is 8.07. The molecule has 10 heteroatoms. The molecular formula is C13H11F6NOS2. The van der Waals surface area contributed by atoms with Gasteiger partial charge >= 0.3 is 12.4 Å². The molecule has 1 N–H and O–H groups in total. The predicted octanol–water partition coefficient (Wildman–Crippen LogP) is 4.51. The van der Waals surface area contributed by atoms with Gasteiger partial charge in [0.2, 0.25) is 5.91 Å². The number of carbonyl (C=O) groups excluding carboxylic acids is 1. The lowest BCUT2D eigenvalue weighted by Gasteiger charge is -2.21. The topological polar surface area (TPSA) is 29.1 Å². The molecule has 1 aromatic carbocycles. The largest absolute Gasteiger partial charge is 0.416 e. The van der Waals surface area contributed by atoms with E-state index in [4.69, 9.17) is 0 Å². The van der Waals surface area contributed by atoms with Gasteiger partial charge in [0.1, 0.15) is 0 Å². The van der Waals surface area contributed by atoms with Gasteiger partial charge in [-0.25, -0.2) is 0 Å². The van der Waals surface area contributed by atoms with Gasteiger partial charge in [-0.1, -0.05) is 0 Å². The van der Waals surface area contributed by atoms with Crippen LogP contribution in [0.3, 0.4) is 0 Å². The van der Waals surface area contributed by atoms with Gasteiger partial charge in [0.25, 0.3) is 0 Å². The normalized spacial score (nSPS) is 19.5. The van der Waals surface area contributed by atoms with Gasteiger partial charge in [0.05, 0.1) is 16.4 Å². The lowest BCUT2D eigenvalue weighted by Crippen LogP contribution is -2.30. The molecular weight excluding hydrogens is 364 g/mol. The average molecular weight is 375 g/mol. The third-order valence-electron chi connectivity index (χ3n) is 2.96. The van der Waals surface area contributed by atoms with Crippen molar-refractivity contribution in [3.8, 4) is 0 Å². The van der Waals surface area contributed by atoms with Gasteiger partial charge in [-0.05, 0) is 18.2 Å². The van der Waals surface area contributed by atoms with E-state index < -0.39 is 40.3 Å². The van der Waals surface area contributed by atoms with Gasteiger partial charge in [0.15, 0.2) is 0 Å². The first-order valence-corrected chi connectivity index (χ1v) is 8.57. The molecule has 1 atom stereocenters. The van der Waals surface area contributed by atoms with Crippen molar-refractivity contribution < 1.29 is 31.1 Å². The summed E-state index contributed by atoms with van der Waals surface area (Å²) in [4.78, 5) is 12.0. The number of amides is 1. The summed E-state index contributed by atoms with van der Waals surface area (Å²) in [6.07, 6.45) is -9.87. The molecule has 1 aliphatic rings. The number of anilines is 1. The molecule has 1 heterocycles. The first kappa shape index (κ1) is 18.3. The third-order valence-corrected chi connectivity index (χ3v) is 5.72. The second-order valence-corrected chi connectivity index (χ2v) is 7.18. The molecule has 0 bridgehead atoms. The van der Waals surface area contributed by atoms with Crippen LogP contribution < -0.4 is 5.32 Å². The second kappa shape index (κ2) is 6.84. The van der Waals surface area contributed by atoms with E-state index >= 15 is 0 Å². The molecule has 2 nitrogen and oxygen atoms in total. The van der Waals surface area contributed by atoms with E-state index in [1.165, 1.54) is 23.5 Å². The molecule has 1 aliphatic heterocycles. The van der Waals surface area contributed by atoms with Crippen molar-refractivity contribution in [3.05, 3.63) is 29.3 Å². The number of nitrogens with one attached hydrogen (secondary N) is 1. The first-order chi connectivity index (χ1) is 10.6. The van der Waals surface area contributed by atoms with Crippen LogP contribution in [0.15, 0.2) is 18.2 Å². The minimum absolute atomic E-state index is 0.0286. The Morgan fingerprint density at radius 3 is 2.00 bits per heavy atom. The summed E-state index contributed by atoms with van der Waals surface area (Å²) in [6.45, 7) is 0. The Morgan fingerprint density at radius 2 is 1.57 bits per heavy atom. The summed E-state index contributed by atoms with van der Waals surface area (Å²) in [5, 5.41) is 1.68. The predicted molar refractivity (Wildman–Crippen MR) is 78.6 cm³/mol. The van der Waals surface area contributed by atoms with Crippen LogP contribution in [0.2, 0.25) is 0 Å². The first-order valence-electron chi connectivity index (χ1n) is 6.37. The monoisotopic (exact) mass is 375 g/mol. The average Bonchev–Trinajstić information content (AvgIpc) is 2.46. The Labute approximate surface area is 136 Å². The van der Waals surface area contributed by atoms with E-state index in [2.05, 4.69) is 5.32 Å². The SMILES string of the molecule is O=C(Nc1cc(C(F)(F)F)cc(C(F)(F)F)c1)C1CSCCS1. The summed E-state index contributed by atoms with van der Waals surface area (Å²) in [6, 6.07) is 1.04. The Bertz CT molecular complexity index is 549. The minimum atomic E-state index is -4.93. The van der Waals surface area contributed by atoms with E-state index in [1.807, 2.05) is 0 Å². The Hall–Kier alpha value is -1.03. The highest BCUT2D eigenvalue weighted by Crippen LogP contribution is 2.37. The number of alkyl halides is 6. The number of thioether (sulfide) groups is 2. The standard InChI is InChI=1S/C13H11F6NOS2/c14-12(15,16)7-3-8(13(17,18)19)5-9(4-7)20-11(21)10-6-22-1-2-23-10/h3-5,10H,1-2,6H2,(H,20,21). The molecule has 1 saturated heterocycles. The number of halogens is 6. The number of carbonyl (C=O) groups is 1. The van der Waals surface area contributed by atoms with Gasteiger partial charge in [-0.3, -0.25) is 4.79 Å². The molecule has 0 spiro atoms. The Balaban J connectivity index is 2.28. The minimum Gasteiger partial charge on any atom is -0.325 e. The molecule has 1 aromatic rings. The number of benzene rings is 1. The van der Waals surface area contributed by atoms with Gasteiger partial charge in [0, 0.05) is 22.9 Å². The fourth-order valence-electron chi connectivity index (χ4n) is 1.89. The van der Waals surface area contributed by atoms with Crippen LogP contribution in [0.25, 0.3) is 0 Å². The quantitative estimate of drug-likeness (QED) is 0.771. The van der Waals surface area contributed by atoms with Gasteiger partial charge in [-0.15, -0.1) is 11.8 Å². The number of hydrogen-bond acceptors (Lipinski definition) is 3. The zero-order chi connectivity index (χ0) is 17.3. The van der Waals surface area contributed by atoms with Crippen molar-refractivity contribution in [1.29, 1.82) is 0 Å². The Morgan fingerprint density at radius 1 is 1.00 bits per heavy atom. The van der Waals surface area contributed by atoms with E-state index in [0.717, 1.165) is 5.75 Å². The molecule has 0 radical (unpaired) electrons. The lowest BCUT2D eigenvalue weighted by molar-refractivity contribution is -0.143. The molecule has 23 heavy (non-hydrogen) atoms. The van der Waals surface area contributed by atoms with E-state index in [0.29, 0.717) is 23.6 Å². The maximum absolute atomic E-state index is 12.7. The smallest absolute Gasteiger partial charge is 0.325 e. The van der Waals surface area contributed by atoms with Crippen molar-refractivity contribution in [2.24, 2.45) is 0 Å². The van der Waals surface area contributed by atoms with Crippen LogP contribution in [0.5, 0.6) is 0 Å². The van der Waals surface area contributed by atoms with Crippen molar-refractivity contribution in [3.63, 3.8) is 0 Å². The van der Waals surface area contributed by atoms with Crippen molar-refractivity contribution in [2.45, 2.75) is 17.6 Å². The molecule has 1 fully saturated rings. The van der Waals surface area contributed by atoms with Crippen molar-refractivity contribution in [2.75, 3.05) is 22.6 Å². The maximum Gasteiger partial charge on any atom is 0.416 e. The molecule has 2 rings (SSSR count). The highest BCUT2D eigenvalue weighted by atomic mass is 32.2.